The average Bonchev–Trinajstić information content (AvgIpc) is 2.66. The summed E-state index contributed by atoms with van der Waals surface area (Å²) in [5.41, 5.74) is 3.22. The second-order valence-corrected chi connectivity index (χ2v) is 7.70. The number of carbonyl (C=O) groups is 1. The maximum absolute atomic E-state index is 12.2. The highest BCUT2D eigenvalue weighted by Gasteiger charge is 2.19. The predicted octanol–water partition coefficient (Wildman–Crippen LogP) is 5.29. The molecule has 0 radical (unpaired) electrons. The first-order valence-electron chi connectivity index (χ1n) is 9.35. The average molecular weight is 365 g/mol. The van der Waals surface area contributed by atoms with E-state index in [0.29, 0.717) is 19.7 Å². The molecule has 0 bridgehead atoms. The maximum atomic E-state index is 12.2. The summed E-state index contributed by atoms with van der Waals surface area (Å²) in [4.78, 5) is 14.0. The zero-order valence-corrected chi connectivity index (χ0v) is 16.3. The van der Waals surface area contributed by atoms with Gasteiger partial charge in [-0.1, -0.05) is 48.5 Å². The first-order chi connectivity index (χ1) is 12.9. The lowest BCUT2D eigenvalue weighted by molar-refractivity contribution is 0.0998. The standard InChI is InChI=1S/C23H27NO3/c1-23(2,3)27-21-11-9-19(10-12-21)20-13-15-24(16-14-20)22(25)26-17-18-7-5-4-6-8-18/h4-13H,14-17H2,1-3H3. The number of benzene rings is 2. The van der Waals surface area contributed by atoms with Crippen LogP contribution in [0.5, 0.6) is 5.75 Å². The van der Waals surface area contributed by atoms with Gasteiger partial charge in [0.25, 0.3) is 0 Å². The van der Waals surface area contributed by atoms with Gasteiger partial charge in [-0.15, -0.1) is 0 Å². The topological polar surface area (TPSA) is 38.8 Å². The largest absolute Gasteiger partial charge is 0.488 e. The molecule has 1 heterocycles. The van der Waals surface area contributed by atoms with Gasteiger partial charge >= 0.3 is 6.09 Å². The predicted molar refractivity (Wildman–Crippen MR) is 108 cm³/mol. The Bertz CT molecular complexity index is 789. The van der Waals surface area contributed by atoms with Gasteiger partial charge < -0.3 is 14.4 Å². The summed E-state index contributed by atoms with van der Waals surface area (Å²) >= 11 is 0. The Morgan fingerprint density at radius 2 is 1.74 bits per heavy atom. The second-order valence-electron chi connectivity index (χ2n) is 7.70. The van der Waals surface area contributed by atoms with Crippen LogP contribution in [0, 0.1) is 0 Å². The summed E-state index contributed by atoms with van der Waals surface area (Å²) in [6.07, 6.45) is 2.66. The van der Waals surface area contributed by atoms with E-state index >= 15 is 0 Å². The molecule has 0 unspecified atom stereocenters. The Labute approximate surface area is 161 Å². The van der Waals surface area contributed by atoms with E-state index in [9.17, 15) is 4.79 Å². The molecule has 4 heteroatoms. The molecule has 2 aromatic rings. The lowest BCUT2D eigenvalue weighted by atomic mass is 9.99. The third-order valence-electron chi connectivity index (χ3n) is 4.32. The van der Waals surface area contributed by atoms with Crippen LogP contribution in [-0.4, -0.2) is 29.7 Å². The molecule has 142 valence electrons. The van der Waals surface area contributed by atoms with Gasteiger partial charge in [0.15, 0.2) is 0 Å². The minimum Gasteiger partial charge on any atom is -0.488 e. The number of hydrogen-bond donors (Lipinski definition) is 0. The van der Waals surface area contributed by atoms with Crippen LogP contribution in [0.15, 0.2) is 60.7 Å². The molecule has 0 saturated heterocycles. The first kappa shape index (κ1) is 19.0. The molecule has 0 aromatic heterocycles. The Morgan fingerprint density at radius 1 is 1.04 bits per heavy atom. The minimum atomic E-state index is -0.261. The van der Waals surface area contributed by atoms with E-state index in [1.807, 2.05) is 63.2 Å². The molecular formula is C23H27NO3. The van der Waals surface area contributed by atoms with Crippen molar-refractivity contribution in [3.8, 4) is 5.75 Å². The zero-order valence-electron chi connectivity index (χ0n) is 16.3. The smallest absolute Gasteiger partial charge is 0.410 e. The van der Waals surface area contributed by atoms with Crippen molar-refractivity contribution in [2.75, 3.05) is 13.1 Å². The number of ether oxygens (including phenoxy) is 2. The van der Waals surface area contributed by atoms with E-state index in [4.69, 9.17) is 9.47 Å². The van der Waals surface area contributed by atoms with Crippen LogP contribution in [0.2, 0.25) is 0 Å². The molecule has 1 aliphatic rings. The van der Waals surface area contributed by atoms with Crippen molar-refractivity contribution in [3.63, 3.8) is 0 Å². The molecule has 0 saturated carbocycles. The van der Waals surface area contributed by atoms with Crippen LogP contribution in [0.25, 0.3) is 5.57 Å². The van der Waals surface area contributed by atoms with Crippen molar-refractivity contribution >= 4 is 11.7 Å². The molecule has 2 aromatic carbocycles. The molecule has 3 rings (SSSR count). The quantitative estimate of drug-likeness (QED) is 0.739. The molecule has 0 N–H and O–H groups in total. The third-order valence-corrected chi connectivity index (χ3v) is 4.32. The van der Waals surface area contributed by atoms with Crippen molar-refractivity contribution in [3.05, 3.63) is 71.8 Å². The van der Waals surface area contributed by atoms with E-state index in [-0.39, 0.29) is 11.7 Å². The number of rotatable bonds is 4. The van der Waals surface area contributed by atoms with Gasteiger partial charge in [0.1, 0.15) is 18.0 Å². The van der Waals surface area contributed by atoms with Gasteiger partial charge in [0, 0.05) is 13.1 Å². The van der Waals surface area contributed by atoms with Crippen LogP contribution >= 0.6 is 0 Å². The fourth-order valence-electron chi connectivity index (χ4n) is 3.00. The number of carbonyl (C=O) groups excluding carboxylic acids is 1. The molecule has 1 amide bonds. The monoisotopic (exact) mass is 365 g/mol. The molecular weight excluding hydrogens is 338 g/mol. The van der Waals surface area contributed by atoms with E-state index < -0.39 is 0 Å². The number of hydrogen-bond acceptors (Lipinski definition) is 3. The fraction of sp³-hybridized carbons (Fsp3) is 0.348. The highest BCUT2D eigenvalue weighted by molar-refractivity contribution is 5.72. The number of amides is 1. The fourth-order valence-corrected chi connectivity index (χ4v) is 3.00. The molecule has 0 atom stereocenters. The van der Waals surface area contributed by atoms with Crippen molar-refractivity contribution in [1.29, 1.82) is 0 Å². The van der Waals surface area contributed by atoms with Crippen LogP contribution in [0.4, 0.5) is 4.79 Å². The Morgan fingerprint density at radius 3 is 2.33 bits per heavy atom. The molecule has 4 nitrogen and oxygen atoms in total. The summed E-state index contributed by atoms with van der Waals surface area (Å²) in [6, 6.07) is 17.9. The van der Waals surface area contributed by atoms with E-state index in [2.05, 4.69) is 18.2 Å². The van der Waals surface area contributed by atoms with Crippen molar-refractivity contribution < 1.29 is 14.3 Å². The highest BCUT2D eigenvalue weighted by Crippen LogP contribution is 2.26. The Kier molecular flexibility index (Phi) is 5.84. The van der Waals surface area contributed by atoms with Gasteiger partial charge in [0.2, 0.25) is 0 Å². The van der Waals surface area contributed by atoms with Gasteiger partial charge in [-0.2, -0.15) is 0 Å². The summed E-state index contributed by atoms with van der Waals surface area (Å²) < 4.78 is 11.3. The molecule has 27 heavy (non-hydrogen) atoms. The van der Waals surface area contributed by atoms with Crippen molar-refractivity contribution in [2.45, 2.75) is 39.4 Å². The van der Waals surface area contributed by atoms with Gasteiger partial charge in [-0.3, -0.25) is 0 Å². The zero-order chi connectivity index (χ0) is 19.3. The van der Waals surface area contributed by atoms with E-state index in [1.54, 1.807) is 4.90 Å². The normalized spacial score (nSPS) is 14.5. The second kappa shape index (κ2) is 8.30. The summed E-state index contributed by atoms with van der Waals surface area (Å²) in [5.74, 6) is 0.869. The highest BCUT2D eigenvalue weighted by atomic mass is 16.6. The summed E-state index contributed by atoms with van der Waals surface area (Å²) in [7, 11) is 0. The molecule has 0 spiro atoms. The van der Waals surface area contributed by atoms with Gasteiger partial charge in [-0.25, -0.2) is 4.79 Å². The van der Waals surface area contributed by atoms with Gasteiger partial charge in [0.05, 0.1) is 0 Å². The van der Waals surface area contributed by atoms with Crippen LogP contribution < -0.4 is 4.74 Å². The lowest BCUT2D eigenvalue weighted by Crippen LogP contribution is -2.35. The summed E-state index contributed by atoms with van der Waals surface area (Å²) in [6.45, 7) is 7.66. The van der Waals surface area contributed by atoms with Crippen molar-refractivity contribution in [1.82, 2.24) is 4.90 Å². The van der Waals surface area contributed by atoms with Gasteiger partial charge in [-0.05, 0) is 56.0 Å². The van der Waals surface area contributed by atoms with Crippen LogP contribution in [-0.2, 0) is 11.3 Å². The van der Waals surface area contributed by atoms with Crippen LogP contribution in [0.1, 0.15) is 38.3 Å². The van der Waals surface area contributed by atoms with Crippen molar-refractivity contribution in [2.24, 2.45) is 0 Å². The molecule has 0 aliphatic carbocycles. The van der Waals surface area contributed by atoms with Crippen LogP contribution in [0.3, 0.4) is 0 Å². The molecule has 1 aliphatic heterocycles. The first-order valence-corrected chi connectivity index (χ1v) is 9.35. The summed E-state index contributed by atoms with van der Waals surface area (Å²) in [5, 5.41) is 0. The maximum Gasteiger partial charge on any atom is 0.410 e. The third kappa shape index (κ3) is 5.61. The number of nitrogens with zero attached hydrogens (tertiary/aromatic N) is 1. The Balaban J connectivity index is 1.54. The Hall–Kier alpha value is -2.75. The van der Waals surface area contributed by atoms with E-state index in [0.717, 1.165) is 17.7 Å². The lowest BCUT2D eigenvalue weighted by Gasteiger charge is -2.26. The SMILES string of the molecule is CC(C)(C)Oc1ccc(C2=CCN(C(=O)OCc3ccccc3)CC2)cc1. The molecule has 0 fully saturated rings. The minimum absolute atomic E-state index is 0.202. The van der Waals surface area contributed by atoms with E-state index in [1.165, 1.54) is 11.1 Å².